The molecule has 0 saturated carbocycles. The van der Waals surface area contributed by atoms with Crippen molar-refractivity contribution in [1.29, 1.82) is 0 Å². The largest absolute Gasteiger partial charge is 0.460 e. The zero-order valence-corrected chi connectivity index (χ0v) is 19.8. The van der Waals surface area contributed by atoms with E-state index in [2.05, 4.69) is 16.0 Å². The fraction of sp³-hybridized carbons (Fsp3) is 0.522. The van der Waals surface area contributed by atoms with Crippen molar-refractivity contribution >= 4 is 29.6 Å². The quantitative estimate of drug-likeness (QED) is 0.347. The van der Waals surface area contributed by atoms with E-state index in [1.54, 1.807) is 20.8 Å². The molecule has 3 atom stereocenters. The van der Waals surface area contributed by atoms with Gasteiger partial charge in [-0.05, 0) is 39.7 Å². The minimum absolute atomic E-state index is 0.0425. The van der Waals surface area contributed by atoms with Gasteiger partial charge >= 0.3 is 5.97 Å². The minimum Gasteiger partial charge on any atom is -0.460 e. The van der Waals surface area contributed by atoms with E-state index in [0.717, 1.165) is 5.56 Å². The van der Waals surface area contributed by atoms with E-state index in [1.807, 2.05) is 30.3 Å². The Bertz CT molecular complexity index is 850. The molecule has 0 fully saturated rings. The highest BCUT2D eigenvalue weighted by molar-refractivity contribution is 5.93. The first-order valence-corrected chi connectivity index (χ1v) is 10.7. The smallest absolute Gasteiger partial charge is 0.306 e. The molecule has 1 rings (SSSR count). The van der Waals surface area contributed by atoms with E-state index in [4.69, 9.17) is 10.5 Å². The zero-order chi connectivity index (χ0) is 25.2. The van der Waals surface area contributed by atoms with Crippen molar-refractivity contribution in [3.63, 3.8) is 0 Å². The summed E-state index contributed by atoms with van der Waals surface area (Å²) in [5.41, 5.74) is 5.51. The molecule has 4 amide bonds. The van der Waals surface area contributed by atoms with Crippen molar-refractivity contribution in [2.45, 2.75) is 77.6 Å². The van der Waals surface area contributed by atoms with Gasteiger partial charge in [-0.25, -0.2) is 0 Å². The van der Waals surface area contributed by atoms with Crippen molar-refractivity contribution in [2.24, 2.45) is 5.73 Å². The SMILES string of the molecule is CC(=O)NC(Cc1ccccc1)C(=O)NC(C)C(=O)NC(CCC(=O)OC(C)(C)C)C(N)=O. The number of esters is 1. The van der Waals surface area contributed by atoms with Crippen LogP contribution in [-0.2, 0) is 35.1 Å². The molecule has 0 aliphatic carbocycles. The van der Waals surface area contributed by atoms with Crippen LogP contribution in [0, 0.1) is 0 Å². The molecule has 0 aliphatic heterocycles. The molecule has 0 saturated heterocycles. The molecule has 33 heavy (non-hydrogen) atoms. The van der Waals surface area contributed by atoms with E-state index < -0.39 is 47.4 Å². The maximum Gasteiger partial charge on any atom is 0.306 e. The Morgan fingerprint density at radius 3 is 2.06 bits per heavy atom. The lowest BCUT2D eigenvalue weighted by atomic mass is 10.0. The van der Waals surface area contributed by atoms with Gasteiger partial charge in [-0.3, -0.25) is 24.0 Å². The summed E-state index contributed by atoms with van der Waals surface area (Å²) < 4.78 is 5.18. The van der Waals surface area contributed by atoms with Crippen LogP contribution in [0.4, 0.5) is 0 Å². The molecule has 3 unspecified atom stereocenters. The fourth-order valence-electron chi connectivity index (χ4n) is 2.92. The van der Waals surface area contributed by atoms with E-state index in [-0.39, 0.29) is 25.2 Å². The van der Waals surface area contributed by atoms with Gasteiger partial charge in [0, 0.05) is 19.8 Å². The van der Waals surface area contributed by atoms with Gasteiger partial charge in [-0.1, -0.05) is 30.3 Å². The van der Waals surface area contributed by atoms with Crippen molar-refractivity contribution < 1.29 is 28.7 Å². The molecule has 0 spiro atoms. The van der Waals surface area contributed by atoms with Gasteiger partial charge < -0.3 is 26.4 Å². The Hall–Kier alpha value is -3.43. The lowest BCUT2D eigenvalue weighted by Crippen LogP contribution is -2.55. The van der Waals surface area contributed by atoms with Gasteiger partial charge in [-0.15, -0.1) is 0 Å². The van der Waals surface area contributed by atoms with Crippen LogP contribution in [-0.4, -0.2) is 53.3 Å². The normalized spacial score (nSPS) is 13.7. The molecule has 1 aromatic carbocycles. The first-order valence-electron chi connectivity index (χ1n) is 10.7. The van der Waals surface area contributed by atoms with E-state index in [9.17, 15) is 24.0 Å². The Balaban J connectivity index is 2.71. The van der Waals surface area contributed by atoms with Crippen LogP contribution in [0.3, 0.4) is 0 Å². The molecule has 0 heterocycles. The van der Waals surface area contributed by atoms with Crippen LogP contribution in [0.25, 0.3) is 0 Å². The highest BCUT2D eigenvalue weighted by Gasteiger charge is 2.27. The molecule has 10 nitrogen and oxygen atoms in total. The van der Waals surface area contributed by atoms with Crippen LogP contribution in [0.2, 0.25) is 0 Å². The summed E-state index contributed by atoms with van der Waals surface area (Å²) in [6.07, 6.45) is 0.0765. The van der Waals surface area contributed by atoms with Crippen LogP contribution in [0.15, 0.2) is 30.3 Å². The summed E-state index contributed by atoms with van der Waals surface area (Å²) in [6, 6.07) is 6.08. The molecule has 10 heteroatoms. The first-order chi connectivity index (χ1) is 15.3. The summed E-state index contributed by atoms with van der Waals surface area (Å²) in [5, 5.41) is 7.56. The third-order valence-electron chi connectivity index (χ3n) is 4.45. The third kappa shape index (κ3) is 11.1. The molecular weight excluding hydrogens is 428 g/mol. The number of nitrogens with two attached hydrogens (primary N) is 1. The number of carbonyl (C=O) groups is 5. The van der Waals surface area contributed by atoms with Gasteiger partial charge in [0.25, 0.3) is 0 Å². The van der Waals surface area contributed by atoms with Crippen molar-refractivity contribution in [3.8, 4) is 0 Å². The van der Waals surface area contributed by atoms with Gasteiger partial charge in [-0.2, -0.15) is 0 Å². The van der Waals surface area contributed by atoms with Crippen molar-refractivity contribution in [2.75, 3.05) is 0 Å². The van der Waals surface area contributed by atoms with E-state index >= 15 is 0 Å². The minimum atomic E-state index is -1.11. The molecule has 0 aliphatic rings. The lowest BCUT2D eigenvalue weighted by Gasteiger charge is -2.23. The average molecular weight is 463 g/mol. The number of hydrogen-bond donors (Lipinski definition) is 4. The molecule has 0 bridgehead atoms. The van der Waals surface area contributed by atoms with Crippen LogP contribution >= 0.6 is 0 Å². The maximum absolute atomic E-state index is 12.7. The summed E-state index contributed by atoms with van der Waals surface area (Å²) in [6.45, 7) is 7.88. The highest BCUT2D eigenvalue weighted by atomic mass is 16.6. The first kappa shape index (κ1) is 27.6. The second-order valence-electron chi connectivity index (χ2n) is 8.76. The number of nitrogens with one attached hydrogen (secondary N) is 3. The van der Waals surface area contributed by atoms with Crippen LogP contribution in [0.1, 0.15) is 53.0 Å². The van der Waals surface area contributed by atoms with E-state index in [1.165, 1.54) is 13.8 Å². The fourth-order valence-corrected chi connectivity index (χ4v) is 2.92. The Morgan fingerprint density at radius 1 is 0.939 bits per heavy atom. The molecule has 1 aromatic rings. The van der Waals surface area contributed by atoms with E-state index in [0.29, 0.717) is 0 Å². The predicted molar refractivity (Wildman–Crippen MR) is 122 cm³/mol. The number of rotatable bonds is 11. The second kappa shape index (κ2) is 12.6. The summed E-state index contributed by atoms with van der Waals surface area (Å²) in [5.74, 6) is -2.94. The van der Waals surface area contributed by atoms with Gasteiger partial charge in [0.15, 0.2) is 0 Å². The monoisotopic (exact) mass is 462 g/mol. The van der Waals surface area contributed by atoms with Crippen LogP contribution < -0.4 is 21.7 Å². The van der Waals surface area contributed by atoms with Crippen molar-refractivity contribution in [3.05, 3.63) is 35.9 Å². The molecule has 5 N–H and O–H groups in total. The predicted octanol–water partition coefficient (Wildman–Crippen LogP) is 0.331. The number of ether oxygens (including phenoxy) is 1. The molecule has 182 valence electrons. The summed E-state index contributed by atoms with van der Waals surface area (Å²) in [7, 11) is 0. The molecular formula is C23H34N4O6. The molecule has 0 aromatic heterocycles. The number of amides is 4. The highest BCUT2D eigenvalue weighted by Crippen LogP contribution is 2.10. The number of benzene rings is 1. The van der Waals surface area contributed by atoms with Gasteiger partial charge in [0.2, 0.25) is 23.6 Å². The Labute approximate surface area is 194 Å². The standard InChI is InChI=1S/C23H34N4O6/c1-14(21(31)27-17(20(24)30)11-12-19(29)33-23(3,4)5)25-22(32)18(26-15(2)28)13-16-9-7-6-8-10-16/h6-10,14,17-18H,11-13H2,1-5H3,(H2,24,30)(H,25,32)(H,26,28)(H,27,31). The third-order valence-corrected chi connectivity index (χ3v) is 4.45. The second-order valence-corrected chi connectivity index (χ2v) is 8.76. The number of primary amides is 1. The maximum atomic E-state index is 12.7. The Morgan fingerprint density at radius 2 is 1.55 bits per heavy atom. The zero-order valence-electron chi connectivity index (χ0n) is 19.8. The van der Waals surface area contributed by atoms with Gasteiger partial charge in [0.1, 0.15) is 23.7 Å². The van der Waals surface area contributed by atoms with Crippen LogP contribution in [0.5, 0.6) is 0 Å². The number of carbonyl (C=O) groups excluding carboxylic acids is 5. The van der Waals surface area contributed by atoms with Crippen molar-refractivity contribution in [1.82, 2.24) is 16.0 Å². The summed E-state index contributed by atoms with van der Waals surface area (Å²) >= 11 is 0. The molecule has 0 radical (unpaired) electrons. The lowest BCUT2D eigenvalue weighted by molar-refractivity contribution is -0.155. The average Bonchev–Trinajstić information content (AvgIpc) is 2.69. The number of hydrogen-bond acceptors (Lipinski definition) is 6. The summed E-state index contributed by atoms with van der Waals surface area (Å²) in [4.78, 5) is 60.4. The van der Waals surface area contributed by atoms with Gasteiger partial charge in [0.05, 0.1) is 0 Å². The topological polar surface area (TPSA) is 157 Å². The Kier molecular flexibility index (Phi) is 10.5.